The summed E-state index contributed by atoms with van der Waals surface area (Å²) in [5.74, 6) is -1.70. The highest BCUT2D eigenvalue weighted by molar-refractivity contribution is 8.00. The molecule has 0 aliphatic carbocycles. The SMILES string of the molecule is NC(=O)OCC1=C(C(=O)O)N2C(=O)C(NC(=O)OCc3ccccc3)[C@H]2SC1. The second kappa shape index (κ2) is 8.21. The number of nitrogens with one attached hydrogen (secondary N) is 1. The summed E-state index contributed by atoms with van der Waals surface area (Å²) in [4.78, 5) is 47.8. The van der Waals surface area contributed by atoms with Crippen LogP contribution in [0, 0.1) is 0 Å². The van der Waals surface area contributed by atoms with E-state index in [2.05, 4.69) is 10.1 Å². The van der Waals surface area contributed by atoms with Gasteiger partial charge in [-0.05, 0) is 5.56 Å². The Morgan fingerprint density at radius 3 is 2.57 bits per heavy atom. The molecule has 1 saturated heterocycles. The molecule has 10 nitrogen and oxygen atoms in total. The van der Waals surface area contributed by atoms with Gasteiger partial charge in [-0.15, -0.1) is 11.8 Å². The van der Waals surface area contributed by atoms with Crippen LogP contribution < -0.4 is 11.1 Å². The van der Waals surface area contributed by atoms with Gasteiger partial charge in [-0.3, -0.25) is 9.69 Å². The molecule has 0 saturated carbocycles. The summed E-state index contributed by atoms with van der Waals surface area (Å²) in [5, 5.41) is 11.3. The lowest BCUT2D eigenvalue weighted by atomic mass is 10.0. The molecule has 4 N–H and O–H groups in total. The van der Waals surface area contributed by atoms with Crippen molar-refractivity contribution in [2.24, 2.45) is 5.73 Å². The predicted octanol–water partition coefficient (Wildman–Crippen LogP) is 0.631. The number of benzene rings is 1. The van der Waals surface area contributed by atoms with Crippen LogP contribution in [0.15, 0.2) is 41.6 Å². The van der Waals surface area contributed by atoms with E-state index in [4.69, 9.17) is 10.5 Å². The normalized spacial score (nSPS) is 20.7. The van der Waals surface area contributed by atoms with Gasteiger partial charge in [-0.25, -0.2) is 14.4 Å². The van der Waals surface area contributed by atoms with E-state index in [-0.39, 0.29) is 30.2 Å². The van der Waals surface area contributed by atoms with E-state index in [0.717, 1.165) is 10.5 Å². The number of primary amides is 1. The molecule has 3 amide bonds. The zero-order valence-electron chi connectivity index (χ0n) is 14.5. The predicted molar refractivity (Wildman–Crippen MR) is 96.8 cm³/mol. The monoisotopic (exact) mass is 407 g/mol. The fraction of sp³-hybridized carbons (Fsp3) is 0.294. The standard InChI is InChI=1S/C17H17N3O7S/c18-16(24)26-7-10-8-28-14-11(13(21)20(14)12(10)15(22)23)19-17(25)27-6-9-4-2-1-3-5-9/h1-5,11,14H,6-8H2,(H2,18,24)(H,19,25)(H,22,23)/t11?,14-/m1/s1. The third-order valence-electron chi connectivity index (χ3n) is 4.12. The molecule has 28 heavy (non-hydrogen) atoms. The Morgan fingerprint density at radius 2 is 1.93 bits per heavy atom. The molecule has 1 aromatic rings. The summed E-state index contributed by atoms with van der Waals surface area (Å²) in [5.41, 5.74) is 5.69. The van der Waals surface area contributed by atoms with Crippen molar-refractivity contribution in [3.05, 3.63) is 47.2 Å². The number of fused-ring (bicyclic) bond motifs is 1. The Hall–Kier alpha value is -3.21. The lowest BCUT2D eigenvalue weighted by molar-refractivity contribution is -0.149. The van der Waals surface area contributed by atoms with Gasteiger partial charge in [0.1, 0.15) is 30.3 Å². The van der Waals surface area contributed by atoms with E-state index in [1.54, 1.807) is 12.1 Å². The van der Waals surface area contributed by atoms with Gasteiger partial charge in [0.05, 0.1) is 0 Å². The van der Waals surface area contributed by atoms with Gasteiger partial charge in [0.25, 0.3) is 5.91 Å². The largest absolute Gasteiger partial charge is 0.477 e. The average Bonchev–Trinajstić information content (AvgIpc) is 2.68. The van der Waals surface area contributed by atoms with Crippen LogP contribution in [0.2, 0.25) is 0 Å². The van der Waals surface area contributed by atoms with Gasteiger partial charge >= 0.3 is 18.2 Å². The van der Waals surface area contributed by atoms with Gasteiger partial charge in [-0.1, -0.05) is 30.3 Å². The summed E-state index contributed by atoms with van der Waals surface area (Å²) in [6.45, 7) is -0.276. The second-order valence-electron chi connectivity index (χ2n) is 5.96. The molecule has 1 unspecified atom stereocenters. The van der Waals surface area contributed by atoms with Crippen LogP contribution in [0.25, 0.3) is 0 Å². The zero-order valence-corrected chi connectivity index (χ0v) is 15.3. The van der Waals surface area contributed by atoms with E-state index >= 15 is 0 Å². The summed E-state index contributed by atoms with van der Waals surface area (Å²) in [6.07, 6.45) is -1.81. The minimum Gasteiger partial charge on any atom is -0.477 e. The molecule has 0 aromatic heterocycles. The highest BCUT2D eigenvalue weighted by atomic mass is 32.2. The lowest BCUT2D eigenvalue weighted by Gasteiger charge is -2.49. The van der Waals surface area contributed by atoms with E-state index in [0.29, 0.717) is 0 Å². The maximum atomic E-state index is 12.4. The molecule has 3 rings (SSSR count). The van der Waals surface area contributed by atoms with Crippen LogP contribution in [-0.2, 0) is 25.7 Å². The molecular weight excluding hydrogens is 390 g/mol. The molecule has 0 radical (unpaired) electrons. The smallest absolute Gasteiger partial charge is 0.408 e. The van der Waals surface area contributed by atoms with Crippen LogP contribution in [0.3, 0.4) is 0 Å². The Balaban J connectivity index is 1.62. The van der Waals surface area contributed by atoms with Gasteiger partial charge in [0.15, 0.2) is 0 Å². The van der Waals surface area contributed by atoms with Crippen LogP contribution in [0.5, 0.6) is 0 Å². The fourth-order valence-electron chi connectivity index (χ4n) is 2.84. The van der Waals surface area contributed by atoms with E-state index in [9.17, 15) is 24.3 Å². The van der Waals surface area contributed by atoms with Crippen molar-refractivity contribution in [2.45, 2.75) is 18.0 Å². The molecule has 11 heteroatoms. The molecule has 2 heterocycles. The van der Waals surface area contributed by atoms with Gasteiger partial charge in [0, 0.05) is 11.3 Å². The fourth-order valence-corrected chi connectivity index (χ4v) is 4.17. The first-order valence-electron chi connectivity index (χ1n) is 8.18. The number of hydrogen-bond donors (Lipinski definition) is 3. The Labute approximate surface area is 163 Å². The van der Waals surface area contributed by atoms with Crippen LogP contribution in [-0.4, -0.2) is 57.8 Å². The second-order valence-corrected chi connectivity index (χ2v) is 7.06. The van der Waals surface area contributed by atoms with Crippen molar-refractivity contribution in [3.8, 4) is 0 Å². The summed E-state index contributed by atoms with van der Waals surface area (Å²) in [7, 11) is 0. The Morgan fingerprint density at radius 1 is 1.21 bits per heavy atom. The Kier molecular flexibility index (Phi) is 5.73. The molecular formula is C17H17N3O7S. The maximum Gasteiger partial charge on any atom is 0.408 e. The van der Waals surface area contributed by atoms with Crippen molar-refractivity contribution in [2.75, 3.05) is 12.4 Å². The van der Waals surface area contributed by atoms with Crippen molar-refractivity contribution in [3.63, 3.8) is 0 Å². The highest BCUT2D eigenvalue weighted by Crippen LogP contribution is 2.40. The molecule has 2 atom stereocenters. The number of nitrogens with zero attached hydrogens (tertiary/aromatic N) is 1. The molecule has 0 spiro atoms. The van der Waals surface area contributed by atoms with E-state index in [1.807, 2.05) is 18.2 Å². The number of amides is 3. The van der Waals surface area contributed by atoms with Crippen molar-refractivity contribution in [1.82, 2.24) is 10.2 Å². The number of carboxylic acid groups (broad SMARTS) is 1. The molecule has 148 valence electrons. The summed E-state index contributed by atoms with van der Waals surface area (Å²) < 4.78 is 9.74. The lowest BCUT2D eigenvalue weighted by Crippen LogP contribution is -2.70. The number of hydrogen-bond acceptors (Lipinski definition) is 7. The molecule has 2 aliphatic rings. The molecule has 0 bridgehead atoms. The van der Waals surface area contributed by atoms with E-state index < -0.39 is 35.5 Å². The Bertz CT molecular complexity index is 842. The van der Waals surface area contributed by atoms with Crippen molar-refractivity contribution >= 4 is 35.8 Å². The number of aliphatic carboxylic acids is 1. The molecule has 1 aromatic carbocycles. The third kappa shape index (κ3) is 4.03. The zero-order chi connectivity index (χ0) is 20.3. The van der Waals surface area contributed by atoms with Crippen LogP contribution in [0.1, 0.15) is 5.56 Å². The minimum absolute atomic E-state index is 0.0456. The van der Waals surface area contributed by atoms with Crippen molar-refractivity contribution < 1.29 is 33.8 Å². The number of nitrogens with two attached hydrogens (primary N) is 1. The van der Waals surface area contributed by atoms with Gasteiger partial charge < -0.3 is 25.6 Å². The third-order valence-corrected chi connectivity index (χ3v) is 5.46. The first-order chi connectivity index (χ1) is 13.4. The number of carboxylic acids is 1. The maximum absolute atomic E-state index is 12.4. The van der Waals surface area contributed by atoms with Gasteiger partial charge in [0.2, 0.25) is 0 Å². The van der Waals surface area contributed by atoms with E-state index in [1.165, 1.54) is 11.8 Å². The topological polar surface area (TPSA) is 148 Å². The minimum atomic E-state index is -1.33. The molecule has 2 aliphatic heterocycles. The van der Waals surface area contributed by atoms with Crippen LogP contribution >= 0.6 is 11.8 Å². The average molecular weight is 407 g/mol. The first-order valence-corrected chi connectivity index (χ1v) is 9.22. The quantitative estimate of drug-likeness (QED) is 0.582. The number of alkyl carbamates (subject to hydrolysis) is 1. The van der Waals surface area contributed by atoms with Gasteiger partial charge in [-0.2, -0.15) is 0 Å². The van der Waals surface area contributed by atoms with Crippen LogP contribution in [0.4, 0.5) is 9.59 Å². The van der Waals surface area contributed by atoms with Crippen molar-refractivity contribution in [1.29, 1.82) is 0 Å². The highest BCUT2D eigenvalue weighted by Gasteiger charge is 2.54. The first kappa shape index (κ1) is 19.5. The summed E-state index contributed by atoms with van der Waals surface area (Å²) in [6, 6.07) is 8.13. The molecule has 1 fully saturated rings. The summed E-state index contributed by atoms with van der Waals surface area (Å²) >= 11 is 1.24. The number of carbonyl (C=O) groups is 4. The number of thioether (sulfide) groups is 1. The number of ether oxygens (including phenoxy) is 2. The number of rotatable bonds is 6. The number of carbonyl (C=O) groups excluding carboxylic acids is 3. The number of β-lactam (4-membered cyclic amide) rings is 1.